The minimum absolute atomic E-state index is 0. The Bertz CT molecular complexity index is 159. The normalized spacial score (nSPS) is 11.3. The fourth-order valence-electron chi connectivity index (χ4n) is 0.767. The fourth-order valence-corrected chi connectivity index (χ4v) is 0.767. The summed E-state index contributed by atoms with van der Waals surface area (Å²) in [6.07, 6.45) is 7.85. The smallest absolute Gasteiger partial charge is 0.659 e. The van der Waals surface area contributed by atoms with Gasteiger partial charge >= 0.3 is 51.4 Å². The van der Waals surface area contributed by atoms with Crippen LogP contribution < -0.4 is 51.4 Å². The van der Waals surface area contributed by atoms with Gasteiger partial charge in [-0.05, 0) is 6.92 Å². The molecule has 0 radical (unpaired) electrons. The number of hydrogen-bond acceptors (Lipinski definition) is 0. The van der Waals surface area contributed by atoms with E-state index in [9.17, 15) is 0 Å². The van der Waals surface area contributed by atoms with Gasteiger partial charge in [0.1, 0.15) is 0 Å². The van der Waals surface area contributed by atoms with Gasteiger partial charge in [0, 0.05) is 0 Å². The van der Waals surface area contributed by atoms with E-state index < -0.39 is 0 Å². The molecule has 0 saturated carbocycles. The Morgan fingerprint density at radius 2 is 2.17 bits per heavy atom. The number of rotatable bonds is 5. The van der Waals surface area contributed by atoms with E-state index >= 15 is 0 Å². The molecule has 0 aromatic rings. The van der Waals surface area contributed by atoms with Gasteiger partial charge in [-0.15, -0.1) is 6.54 Å². The molecule has 0 aliphatic rings. The monoisotopic (exact) mass is 189 g/mol. The zero-order chi connectivity index (χ0) is 8.53. The number of nitrogens with zero attached hydrogens (tertiary/aromatic N) is 1. The van der Waals surface area contributed by atoms with Crippen LogP contribution in [-0.4, -0.2) is 13.1 Å². The van der Waals surface area contributed by atoms with Crippen molar-refractivity contribution >= 4 is 0 Å². The first-order valence-corrected chi connectivity index (χ1v) is 3.92. The summed E-state index contributed by atoms with van der Waals surface area (Å²) < 4.78 is 0. The Labute approximate surface area is 118 Å². The van der Waals surface area contributed by atoms with E-state index in [-0.39, 0.29) is 51.4 Å². The van der Waals surface area contributed by atoms with Gasteiger partial charge in [-0.25, -0.2) is 0 Å². The van der Waals surface area contributed by atoms with Crippen LogP contribution in [0.5, 0.6) is 0 Å². The molecule has 1 nitrogen and oxygen atoms in total. The van der Waals surface area contributed by atoms with Crippen LogP contribution in [0.15, 0.2) is 36.5 Å². The predicted octanol–water partition coefficient (Wildman–Crippen LogP) is 0.0725. The van der Waals surface area contributed by atoms with Crippen molar-refractivity contribution in [2.75, 3.05) is 13.1 Å². The summed E-state index contributed by atoms with van der Waals surface area (Å²) in [7, 11) is 0. The number of likely N-dealkylation sites (N-methyl/N-ethyl adjacent to an activating group) is 1. The van der Waals surface area contributed by atoms with Crippen LogP contribution in [0.1, 0.15) is 13.8 Å². The van der Waals surface area contributed by atoms with Crippen LogP contribution in [-0.2, 0) is 0 Å². The van der Waals surface area contributed by atoms with Crippen molar-refractivity contribution < 1.29 is 51.4 Å². The molecule has 0 aromatic heterocycles. The van der Waals surface area contributed by atoms with Crippen molar-refractivity contribution in [3.05, 3.63) is 41.8 Å². The molecule has 0 unspecified atom stereocenters. The predicted molar refractivity (Wildman–Crippen MR) is 51.9 cm³/mol. The van der Waals surface area contributed by atoms with Gasteiger partial charge in [-0.1, -0.05) is 43.4 Å². The summed E-state index contributed by atoms with van der Waals surface area (Å²) >= 11 is 0. The summed E-state index contributed by atoms with van der Waals surface area (Å²) in [5.41, 5.74) is 1.21. The first-order valence-electron chi connectivity index (χ1n) is 3.92. The van der Waals surface area contributed by atoms with Crippen LogP contribution in [0.4, 0.5) is 0 Å². The SMILES string of the molecule is C=C/C=C(\C=C/C)C[N-]CC.[K+]. The van der Waals surface area contributed by atoms with Crippen molar-refractivity contribution in [1.29, 1.82) is 0 Å². The maximum atomic E-state index is 4.24. The summed E-state index contributed by atoms with van der Waals surface area (Å²) in [6.45, 7) is 9.36. The molecule has 0 amide bonds. The van der Waals surface area contributed by atoms with Gasteiger partial charge in [0.05, 0.1) is 0 Å². The molecule has 0 aliphatic heterocycles. The van der Waals surface area contributed by atoms with Crippen molar-refractivity contribution in [1.82, 2.24) is 0 Å². The van der Waals surface area contributed by atoms with Crippen molar-refractivity contribution in [2.45, 2.75) is 13.8 Å². The molecule has 0 bridgehead atoms. The molecule has 12 heavy (non-hydrogen) atoms. The van der Waals surface area contributed by atoms with E-state index in [1.165, 1.54) is 5.57 Å². The fraction of sp³-hybridized carbons (Fsp3) is 0.400. The molecule has 62 valence electrons. The second-order valence-electron chi connectivity index (χ2n) is 2.18. The minimum atomic E-state index is 0. The topological polar surface area (TPSA) is 14.1 Å². The average Bonchev–Trinajstić information content (AvgIpc) is 2.01. The van der Waals surface area contributed by atoms with E-state index in [2.05, 4.69) is 18.0 Å². The van der Waals surface area contributed by atoms with Crippen molar-refractivity contribution in [2.24, 2.45) is 0 Å². The van der Waals surface area contributed by atoms with Gasteiger partial charge in [0.25, 0.3) is 0 Å². The van der Waals surface area contributed by atoms with E-state index in [0.717, 1.165) is 13.1 Å². The largest absolute Gasteiger partial charge is 1.00 e. The molecule has 0 heterocycles. The zero-order valence-electron chi connectivity index (χ0n) is 8.38. The van der Waals surface area contributed by atoms with Crippen LogP contribution in [0.25, 0.3) is 5.32 Å². The van der Waals surface area contributed by atoms with E-state index in [1.54, 1.807) is 6.08 Å². The van der Waals surface area contributed by atoms with Crippen LogP contribution >= 0.6 is 0 Å². The Morgan fingerprint density at radius 3 is 2.58 bits per heavy atom. The third-order valence-corrected chi connectivity index (χ3v) is 1.23. The molecular weight excluding hydrogens is 173 g/mol. The molecule has 0 aliphatic carbocycles. The molecule has 0 N–H and O–H groups in total. The van der Waals surface area contributed by atoms with Gasteiger partial charge in [0.15, 0.2) is 0 Å². The van der Waals surface area contributed by atoms with E-state index in [4.69, 9.17) is 0 Å². The second-order valence-corrected chi connectivity index (χ2v) is 2.18. The summed E-state index contributed by atoms with van der Waals surface area (Å²) in [5.74, 6) is 0. The summed E-state index contributed by atoms with van der Waals surface area (Å²) in [6, 6.07) is 0. The molecule has 0 aromatic carbocycles. The summed E-state index contributed by atoms with van der Waals surface area (Å²) in [4.78, 5) is 0. The Hall–Kier alpha value is 0.816. The quantitative estimate of drug-likeness (QED) is 0.429. The molecule has 0 rings (SSSR count). The number of hydrogen-bond donors (Lipinski definition) is 0. The third-order valence-electron chi connectivity index (χ3n) is 1.23. The Kier molecular flexibility index (Phi) is 15.1. The third kappa shape index (κ3) is 8.91. The summed E-state index contributed by atoms with van der Waals surface area (Å²) in [5, 5.41) is 4.24. The first-order chi connectivity index (χ1) is 5.35. The molecular formula is C10H16KN. The maximum Gasteiger partial charge on any atom is 1.00 e. The van der Waals surface area contributed by atoms with Gasteiger partial charge in [0.2, 0.25) is 0 Å². The maximum absolute atomic E-state index is 4.24. The average molecular weight is 189 g/mol. The van der Waals surface area contributed by atoms with Crippen LogP contribution in [0.3, 0.4) is 0 Å². The minimum Gasteiger partial charge on any atom is -0.659 e. The van der Waals surface area contributed by atoms with E-state index in [0.29, 0.717) is 0 Å². The van der Waals surface area contributed by atoms with E-state index in [1.807, 2.05) is 26.0 Å². The second kappa shape index (κ2) is 11.8. The van der Waals surface area contributed by atoms with Crippen molar-refractivity contribution in [3.63, 3.8) is 0 Å². The molecule has 2 heteroatoms. The number of allylic oxidation sites excluding steroid dienone is 3. The standard InChI is InChI=1S/C10H16N.K/c1-4-7-10(8-5-2)9-11-6-3;/h4-5,7-8H,1,6,9H2,2-3H3;/q-1;+1/b8-5-,10-7+;. The first kappa shape index (κ1) is 15.3. The van der Waals surface area contributed by atoms with Crippen LogP contribution in [0.2, 0.25) is 0 Å². The van der Waals surface area contributed by atoms with Crippen molar-refractivity contribution in [3.8, 4) is 0 Å². The Morgan fingerprint density at radius 1 is 1.50 bits per heavy atom. The molecule has 0 saturated heterocycles. The van der Waals surface area contributed by atoms with Gasteiger partial charge in [-0.2, -0.15) is 6.54 Å². The molecule has 0 fully saturated rings. The van der Waals surface area contributed by atoms with Gasteiger partial charge < -0.3 is 5.32 Å². The Balaban J connectivity index is 0. The molecule has 0 atom stereocenters. The molecule has 0 spiro atoms. The zero-order valence-corrected chi connectivity index (χ0v) is 11.5. The van der Waals surface area contributed by atoms with Gasteiger partial charge in [-0.3, -0.25) is 0 Å². The van der Waals surface area contributed by atoms with Crippen LogP contribution in [0, 0.1) is 0 Å².